The van der Waals surface area contributed by atoms with Gasteiger partial charge in [0.25, 0.3) is 0 Å². The molecule has 21 heavy (non-hydrogen) atoms. The number of aryl methyl sites for hydroxylation is 1. The van der Waals surface area contributed by atoms with Crippen LogP contribution in [0, 0.1) is 6.92 Å². The highest BCUT2D eigenvalue weighted by molar-refractivity contribution is 6.30. The number of rotatable bonds is 0. The van der Waals surface area contributed by atoms with E-state index in [0.717, 1.165) is 31.0 Å². The molecule has 118 valence electrons. The van der Waals surface area contributed by atoms with Crippen molar-refractivity contribution in [1.82, 2.24) is 4.90 Å². The second-order valence-electron chi connectivity index (χ2n) is 6.32. The molecule has 0 unspecified atom stereocenters. The third-order valence-corrected chi connectivity index (χ3v) is 3.27. The van der Waals surface area contributed by atoms with Crippen LogP contribution in [0.1, 0.15) is 45.6 Å². The third kappa shape index (κ3) is 7.96. The minimum atomic E-state index is -0.367. The second-order valence-corrected chi connectivity index (χ2v) is 6.76. The lowest BCUT2D eigenvalue weighted by molar-refractivity contribution is 0.0216. The molecule has 1 saturated heterocycles. The molecule has 1 aromatic carbocycles. The Morgan fingerprint density at radius 3 is 2.05 bits per heavy atom. The number of hydrogen-bond acceptors (Lipinski definition) is 2. The van der Waals surface area contributed by atoms with E-state index in [1.807, 2.05) is 52.0 Å². The molecule has 0 spiro atoms. The molecule has 1 aliphatic heterocycles. The van der Waals surface area contributed by atoms with Gasteiger partial charge < -0.3 is 9.64 Å². The van der Waals surface area contributed by atoms with Crippen LogP contribution in [-0.2, 0) is 4.74 Å². The number of ether oxygens (including phenoxy) is 1. The predicted octanol–water partition coefficient (Wildman–Crippen LogP) is 5.06. The van der Waals surface area contributed by atoms with Crippen LogP contribution in [0.4, 0.5) is 4.79 Å². The Bertz CT molecular complexity index is 410. The van der Waals surface area contributed by atoms with Gasteiger partial charge in [-0.2, -0.15) is 0 Å². The van der Waals surface area contributed by atoms with E-state index in [2.05, 4.69) is 0 Å². The van der Waals surface area contributed by atoms with Crippen molar-refractivity contribution in [2.45, 2.75) is 52.6 Å². The Morgan fingerprint density at radius 1 is 1.10 bits per heavy atom. The fourth-order valence-electron chi connectivity index (χ4n) is 1.94. The summed E-state index contributed by atoms with van der Waals surface area (Å²) in [6.07, 6.45) is 3.30. The molecule has 1 aromatic rings. The number of piperidine rings is 1. The molecular formula is C17H26ClNO2. The molecule has 2 rings (SSSR count). The Kier molecular flexibility index (Phi) is 7.03. The minimum absolute atomic E-state index is 0.160. The molecule has 1 fully saturated rings. The highest BCUT2D eigenvalue weighted by Crippen LogP contribution is 2.14. The van der Waals surface area contributed by atoms with Crippen molar-refractivity contribution in [2.24, 2.45) is 0 Å². The molecule has 0 aliphatic carbocycles. The number of carbonyl (C=O) groups excluding carboxylic acids is 1. The van der Waals surface area contributed by atoms with E-state index in [4.69, 9.17) is 16.3 Å². The van der Waals surface area contributed by atoms with Crippen LogP contribution in [0.2, 0.25) is 5.02 Å². The number of nitrogens with zero attached hydrogens (tertiary/aromatic N) is 1. The van der Waals surface area contributed by atoms with E-state index in [1.165, 1.54) is 12.0 Å². The topological polar surface area (TPSA) is 29.5 Å². The van der Waals surface area contributed by atoms with E-state index < -0.39 is 0 Å². The van der Waals surface area contributed by atoms with Crippen molar-refractivity contribution in [3.8, 4) is 0 Å². The summed E-state index contributed by atoms with van der Waals surface area (Å²) < 4.78 is 5.26. The lowest BCUT2D eigenvalue weighted by Gasteiger charge is -2.29. The van der Waals surface area contributed by atoms with Gasteiger partial charge in [-0.15, -0.1) is 0 Å². The summed E-state index contributed by atoms with van der Waals surface area (Å²) in [6.45, 7) is 9.44. The Morgan fingerprint density at radius 2 is 1.62 bits per heavy atom. The number of likely N-dealkylation sites (tertiary alicyclic amines) is 1. The normalized spacial score (nSPS) is 15.0. The lowest BCUT2D eigenvalue weighted by atomic mass is 10.1. The number of hydrogen-bond donors (Lipinski definition) is 0. The number of carbonyl (C=O) groups is 1. The van der Waals surface area contributed by atoms with Gasteiger partial charge in [-0.1, -0.05) is 29.3 Å². The van der Waals surface area contributed by atoms with Crippen molar-refractivity contribution in [3.05, 3.63) is 34.9 Å². The lowest BCUT2D eigenvalue weighted by Crippen LogP contribution is -2.39. The summed E-state index contributed by atoms with van der Waals surface area (Å²) >= 11 is 5.61. The average Bonchev–Trinajstić information content (AvgIpc) is 2.42. The molecule has 1 amide bonds. The maximum absolute atomic E-state index is 11.5. The first-order valence-electron chi connectivity index (χ1n) is 7.48. The molecule has 4 heteroatoms. The quantitative estimate of drug-likeness (QED) is 0.670. The largest absolute Gasteiger partial charge is 0.444 e. The van der Waals surface area contributed by atoms with Crippen molar-refractivity contribution >= 4 is 17.7 Å². The van der Waals surface area contributed by atoms with Gasteiger partial charge in [-0.25, -0.2) is 4.79 Å². The average molecular weight is 312 g/mol. The second kappa shape index (κ2) is 8.28. The van der Waals surface area contributed by atoms with Crippen molar-refractivity contribution in [3.63, 3.8) is 0 Å². The summed E-state index contributed by atoms with van der Waals surface area (Å²) in [6, 6.07) is 7.75. The number of benzene rings is 1. The Hall–Kier alpha value is -1.22. The first-order valence-corrected chi connectivity index (χ1v) is 7.86. The molecule has 1 aliphatic rings. The van der Waals surface area contributed by atoms with Gasteiger partial charge >= 0.3 is 6.09 Å². The summed E-state index contributed by atoms with van der Waals surface area (Å²) in [5.74, 6) is 0. The minimum Gasteiger partial charge on any atom is -0.444 e. The van der Waals surface area contributed by atoms with Crippen LogP contribution in [0.3, 0.4) is 0 Å². The molecule has 1 heterocycles. The van der Waals surface area contributed by atoms with Crippen LogP contribution < -0.4 is 0 Å². The van der Waals surface area contributed by atoms with Gasteiger partial charge in [0, 0.05) is 18.1 Å². The monoisotopic (exact) mass is 311 g/mol. The zero-order chi connectivity index (χ0) is 15.9. The maximum atomic E-state index is 11.5. The molecule has 0 radical (unpaired) electrons. The molecule has 3 nitrogen and oxygen atoms in total. The van der Waals surface area contributed by atoms with E-state index in [1.54, 1.807) is 4.90 Å². The van der Waals surface area contributed by atoms with E-state index >= 15 is 0 Å². The highest BCUT2D eigenvalue weighted by atomic mass is 35.5. The van der Waals surface area contributed by atoms with E-state index in [-0.39, 0.29) is 11.7 Å². The Balaban J connectivity index is 0.000000235. The number of halogens is 1. The van der Waals surface area contributed by atoms with E-state index in [9.17, 15) is 4.79 Å². The van der Waals surface area contributed by atoms with Crippen molar-refractivity contribution < 1.29 is 9.53 Å². The Labute approximate surface area is 133 Å². The first kappa shape index (κ1) is 17.8. The third-order valence-electron chi connectivity index (χ3n) is 3.02. The molecule has 0 N–H and O–H groups in total. The van der Waals surface area contributed by atoms with Crippen molar-refractivity contribution in [2.75, 3.05) is 13.1 Å². The summed E-state index contributed by atoms with van der Waals surface area (Å²) in [7, 11) is 0. The fourth-order valence-corrected chi connectivity index (χ4v) is 2.06. The molecule has 0 saturated carbocycles. The molecule has 0 aromatic heterocycles. The predicted molar refractivity (Wildman–Crippen MR) is 87.8 cm³/mol. The zero-order valence-electron chi connectivity index (χ0n) is 13.5. The van der Waals surface area contributed by atoms with Crippen LogP contribution in [0.15, 0.2) is 24.3 Å². The fraction of sp³-hybridized carbons (Fsp3) is 0.588. The van der Waals surface area contributed by atoms with Gasteiger partial charge in [0.2, 0.25) is 0 Å². The summed E-state index contributed by atoms with van der Waals surface area (Å²) in [5.41, 5.74) is 0.878. The van der Waals surface area contributed by atoms with Crippen LogP contribution in [0.5, 0.6) is 0 Å². The maximum Gasteiger partial charge on any atom is 0.410 e. The highest BCUT2D eigenvalue weighted by Gasteiger charge is 2.22. The van der Waals surface area contributed by atoms with Crippen molar-refractivity contribution in [1.29, 1.82) is 0 Å². The number of amides is 1. The molecule has 0 atom stereocenters. The SMILES string of the molecule is CC(C)(C)OC(=O)N1CCCCC1.Cc1ccc(Cl)cc1. The first-order chi connectivity index (χ1) is 9.78. The zero-order valence-corrected chi connectivity index (χ0v) is 14.2. The molecule has 0 bridgehead atoms. The van der Waals surface area contributed by atoms with Crippen LogP contribution in [-0.4, -0.2) is 29.7 Å². The van der Waals surface area contributed by atoms with E-state index in [0.29, 0.717) is 0 Å². The van der Waals surface area contributed by atoms with Gasteiger partial charge in [-0.3, -0.25) is 0 Å². The smallest absolute Gasteiger partial charge is 0.410 e. The summed E-state index contributed by atoms with van der Waals surface area (Å²) in [4.78, 5) is 13.3. The molecular weight excluding hydrogens is 286 g/mol. The van der Waals surface area contributed by atoms with Gasteiger partial charge in [0.15, 0.2) is 0 Å². The van der Waals surface area contributed by atoms with Crippen LogP contribution >= 0.6 is 11.6 Å². The van der Waals surface area contributed by atoms with Gasteiger partial charge in [0.1, 0.15) is 5.60 Å². The summed E-state index contributed by atoms with van der Waals surface area (Å²) in [5, 5.41) is 0.801. The standard InChI is InChI=1S/C10H19NO2.C7H7Cl/c1-10(2,3)13-9(12)11-7-5-4-6-8-11;1-6-2-4-7(8)5-3-6/h4-8H2,1-3H3;2-5H,1H3. The van der Waals surface area contributed by atoms with Crippen LogP contribution in [0.25, 0.3) is 0 Å². The van der Waals surface area contributed by atoms with Gasteiger partial charge in [0.05, 0.1) is 0 Å². The van der Waals surface area contributed by atoms with Gasteiger partial charge in [-0.05, 0) is 59.1 Å².